The summed E-state index contributed by atoms with van der Waals surface area (Å²) in [7, 11) is -3.22. The first-order valence-corrected chi connectivity index (χ1v) is 7.14. The lowest BCUT2D eigenvalue weighted by Gasteiger charge is -2.31. The molecule has 6 heteroatoms. The number of carbonyl (C=O) groups is 1. The molecule has 1 amide bonds. The summed E-state index contributed by atoms with van der Waals surface area (Å²) >= 11 is 0. The van der Waals surface area contributed by atoms with Gasteiger partial charge in [0.05, 0.1) is 5.25 Å². The molecule has 1 aliphatic rings. The standard InChI is InChI=1S/C10H20N2O3S/c1-8(2)11-16(14,15)10-4-6-12(7-5-10)9(3)13/h8,10-11H,4-7H2,1-3H3. The Hall–Kier alpha value is -0.620. The Balaban J connectivity index is 2.56. The number of hydrogen-bond donors (Lipinski definition) is 1. The summed E-state index contributed by atoms with van der Waals surface area (Å²) in [5.74, 6) is 0.0210. The van der Waals surface area contributed by atoms with Gasteiger partial charge in [-0.3, -0.25) is 4.79 Å². The lowest BCUT2D eigenvalue weighted by Crippen LogP contribution is -2.46. The van der Waals surface area contributed by atoms with Gasteiger partial charge in [-0.2, -0.15) is 0 Å². The Bertz CT molecular complexity index is 343. The van der Waals surface area contributed by atoms with Gasteiger partial charge in [-0.05, 0) is 26.7 Å². The third kappa shape index (κ3) is 3.45. The minimum Gasteiger partial charge on any atom is -0.343 e. The van der Waals surface area contributed by atoms with Crippen molar-refractivity contribution in [2.24, 2.45) is 0 Å². The summed E-state index contributed by atoms with van der Waals surface area (Å²) in [5.41, 5.74) is 0. The lowest BCUT2D eigenvalue weighted by atomic mass is 10.1. The average molecular weight is 248 g/mol. The summed E-state index contributed by atoms with van der Waals surface area (Å²) in [5, 5.41) is -0.356. The van der Waals surface area contributed by atoms with Crippen molar-refractivity contribution in [2.75, 3.05) is 13.1 Å². The molecule has 1 N–H and O–H groups in total. The van der Waals surface area contributed by atoms with Gasteiger partial charge in [0.1, 0.15) is 0 Å². The van der Waals surface area contributed by atoms with Crippen LogP contribution in [0.2, 0.25) is 0 Å². The molecule has 0 spiro atoms. The number of carbonyl (C=O) groups excluding carboxylic acids is 1. The van der Waals surface area contributed by atoms with Crippen molar-refractivity contribution < 1.29 is 13.2 Å². The van der Waals surface area contributed by atoms with Crippen LogP contribution in [0.25, 0.3) is 0 Å². The zero-order valence-corrected chi connectivity index (χ0v) is 10.9. The fourth-order valence-corrected chi connectivity index (χ4v) is 3.59. The first-order chi connectivity index (χ1) is 7.33. The second-order valence-electron chi connectivity index (χ2n) is 4.52. The maximum absolute atomic E-state index is 11.9. The zero-order chi connectivity index (χ0) is 12.3. The molecule has 0 radical (unpaired) electrons. The largest absolute Gasteiger partial charge is 0.343 e. The van der Waals surface area contributed by atoms with Crippen LogP contribution in [0, 0.1) is 0 Å². The van der Waals surface area contributed by atoms with Crippen molar-refractivity contribution in [3.8, 4) is 0 Å². The SMILES string of the molecule is CC(=O)N1CCC(S(=O)(=O)NC(C)C)CC1. The van der Waals surface area contributed by atoms with Crippen molar-refractivity contribution in [3.05, 3.63) is 0 Å². The van der Waals surface area contributed by atoms with E-state index < -0.39 is 10.0 Å². The number of amides is 1. The van der Waals surface area contributed by atoms with Crippen molar-refractivity contribution >= 4 is 15.9 Å². The van der Waals surface area contributed by atoms with Crippen molar-refractivity contribution in [3.63, 3.8) is 0 Å². The maximum Gasteiger partial charge on any atom is 0.219 e. The van der Waals surface area contributed by atoms with Crippen molar-refractivity contribution in [1.29, 1.82) is 0 Å². The minimum absolute atomic E-state index is 0.0210. The maximum atomic E-state index is 11.9. The van der Waals surface area contributed by atoms with E-state index in [1.54, 1.807) is 4.90 Å². The fraction of sp³-hybridized carbons (Fsp3) is 0.900. The first kappa shape index (κ1) is 13.4. The molecule has 0 atom stereocenters. The molecule has 0 bridgehead atoms. The van der Waals surface area contributed by atoms with Gasteiger partial charge < -0.3 is 4.90 Å². The number of sulfonamides is 1. The molecular weight excluding hydrogens is 228 g/mol. The molecule has 16 heavy (non-hydrogen) atoms. The van der Waals surface area contributed by atoms with Crippen LogP contribution in [0.5, 0.6) is 0 Å². The lowest BCUT2D eigenvalue weighted by molar-refractivity contribution is -0.129. The highest BCUT2D eigenvalue weighted by molar-refractivity contribution is 7.90. The van der Waals surface area contributed by atoms with Gasteiger partial charge >= 0.3 is 0 Å². The van der Waals surface area contributed by atoms with Crippen molar-refractivity contribution in [2.45, 2.75) is 44.9 Å². The van der Waals surface area contributed by atoms with E-state index in [0.717, 1.165) is 0 Å². The highest BCUT2D eigenvalue weighted by Gasteiger charge is 2.30. The van der Waals surface area contributed by atoms with Gasteiger partial charge in [0, 0.05) is 26.1 Å². The number of likely N-dealkylation sites (tertiary alicyclic amines) is 1. The molecule has 1 rings (SSSR count). The topological polar surface area (TPSA) is 66.5 Å². The first-order valence-electron chi connectivity index (χ1n) is 5.59. The number of nitrogens with one attached hydrogen (secondary N) is 1. The monoisotopic (exact) mass is 248 g/mol. The van der Waals surface area contributed by atoms with Crippen molar-refractivity contribution in [1.82, 2.24) is 9.62 Å². The fourth-order valence-electron chi connectivity index (χ4n) is 1.91. The van der Waals surface area contributed by atoms with E-state index in [9.17, 15) is 13.2 Å². The summed E-state index contributed by atoms with van der Waals surface area (Å²) in [6, 6.07) is -0.0733. The average Bonchev–Trinajstić information content (AvgIpc) is 2.16. The molecule has 0 aliphatic carbocycles. The number of hydrogen-bond acceptors (Lipinski definition) is 3. The Morgan fingerprint density at radius 1 is 1.31 bits per heavy atom. The smallest absolute Gasteiger partial charge is 0.219 e. The Kier molecular flexibility index (Phi) is 4.32. The van der Waals surface area contributed by atoms with Gasteiger partial charge in [0.15, 0.2) is 0 Å². The van der Waals surface area contributed by atoms with E-state index in [4.69, 9.17) is 0 Å². The second-order valence-corrected chi connectivity index (χ2v) is 6.52. The highest BCUT2D eigenvalue weighted by atomic mass is 32.2. The predicted molar refractivity (Wildman–Crippen MR) is 62.5 cm³/mol. The minimum atomic E-state index is -3.22. The van der Waals surface area contributed by atoms with Crippen LogP contribution in [0.1, 0.15) is 33.6 Å². The predicted octanol–water partition coefficient (Wildman–Crippen LogP) is 0.325. The van der Waals surface area contributed by atoms with E-state index in [-0.39, 0.29) is 17.2 Å². The van der Waals surface area contributed by atoms with Crippen LogP contribution in [0.4, 0.5) is 0 Å². The Morgan fingerprint density at radius 3 is 2.19 bits per heavy atom. The molecule has 5 nitrogen and oxygen atoms in total. The Morgan fingerprint density at radius 2 is 1.81 bits per heavy atom. The molecule has 1 aliphatic heterocycles. The molecule has 1 heterocycles. The van der Waals surface area contributed by atoms with Crippen LogP contribution in [0.15, 0.2) is 0 Å². The van der Waals surface area contributed by atoms with Crippen LogP contribution in [-0.4, -0.2) is 43.6 Å². The van der Waals surface area contributed by atoms with E-state index in [1.807, 2.05) is 13.8 Å². The third-order valence-corrected chi connectivity index (χ3v) is 4.88. The summed E-state index contributed by atoms with van der Waals surface area (Å²) in [6.45, 7) is 6.21. The zero-order valence-electron chi connectivity index (χ0n) is 10.1. The second kappa shape index (κ2) is 5.14. The van der Waals surface area contributed by atoms with Gasteiger partial charge in [-0.15, -0.1) is 0 Å². The normalized spacial score (nSPS) is 19.1. The van der Waals surface area contributed by atoms with Gasteiger partial charge in [0.2, 0.25) is 15.9 Å². The molecule has 0 saturated carbocycles. The number of nitrogens with zero attached hydrogens (tertiary/aromatic N) is 1. The summed E-state index contributed by atoms with van der Waals surface area (Å²) < 4.78 is 26.3. The molecule has 94 valence electrons. The van der Waals surface area contributed by atoms with Crippen LogP contribution in [-0.2, 0) is 14.8 Å². The van der Waals surface area contributed by atoms with E-state index in [2.05, 4.69) is 4.72 Å². The third-order valence-electron chi connectivity index (χ3n) is 2.73. The highest BCUT2D eigenvalue weighted by Crippen LogP contribution is 2.17. The van der Waals surface area contributed by atoms with E-state index >= 15 is 0 Å². The molecule has 1 saturated heterocycles. The van der Waals surface area contributed by atoms with Crippen LogP contribution >= 0.6 is 0 Å². The molecule has 1 fully saturated rings. The van der Waals surface area contributed by atoms with E-state index in [0.29, 0.717) is 25.9 Å². The molecule has 0 aromatic rings. The quantitative estimate of drug-likeness (QED) is 0.782. The van der Waals surface area contributed by atoms with E-state index in [1.165, 1.54) is 6.92 Å². The summed E-state index contributed by atoms with van der Waals surface area (Å²) in [4.78, 5) is 12.8. The van der Waals surface area contributed by atoms with Gasteiger partial charge in [-0.25, -0.2) is 13.1 Å². The van der Waals surface area contributed by atoms with Gasteiger partial charge in [0.25, 0.3) is 0 Å². The Labute approximate surface area is 97.2 Å². The van der Waals surface area contributed by atoms with Crippen LogP contribution < -0.4 is 4.72 Å². The van der Waals surface area contributed by atoms with Gasteiger partial charge in [-0.1, -0.05) is 0 Å². The van der Waals surface area contributed by atoms with Crippen LogP contribution in [0.3, 0.4) is 0 Å². The number of piperidine rings is 1. The molecule has 0 aromatic carbocycles. The molecule has 0 aromatic heterocycles. The molecule has 0 unspecified atom stereocenters. The molecular formula is C10H20N2O3S. The number of rotatable bonds is 3. The summed E-state index contributed by atoms with van der Waals surface area (Å²) in [6.07, 6.45) is 1.06.